The van der Waals surface area contributed by atoms with Gasteiger partial charge in [-0.05, 0) is 42.8 Å². The fourth-order valence-corrected chi connectivity index (χ4v) is 3.12. The van der Waals surface area contributed by atoms with Gasteiger partial charge in [-0.25, -0.2) is 13.2 Å². The summed E-state index contributed by atoms with van der Waals surface area (Å²) in [5, 5.41) is 0.554. The van der Waals surface area contributed by atoms with Gasteiger partial charge >= 0.3 is 0 Å². The summed E-state index contributed by atoms with van der Waals surface area (Å²) in [6.45, 7) is 0.850. The van der Waals surface area contributed by atoms with E-state index in [9.17, 15) is 22.8 Å². The number of hydrogen-bond acceptors (Lipinski definition) is 3. The van der Waals surface area contributed by atoms with Gasteiger partial charge in [0.15, 0.2) is 24.1 Å². The molecule has 0 aromatic heterocycles. The molecule has 0 atom stereocenters. The number of ether oxygens (including phenoxy) is 1. The Balaban J connectivity index is 1.58. The maximum absolute atomic E-state index is 13.9. The standard InChI is InChI=1S/C20H18ClF3N2O3/c21-13-2-4-14(5-3-13)29-12-17(27)25-8-1-9-26(11-10-25)20(28)15-6-7-16(22)19(24)18(15)23/h2-7H,1,8-12H2. The Kier molecular flexibility index (Phi) is 6.64. The van der Waals surface area contributed by atoms with E-state index in [4.69, 9.17) is 16.3 Å². The number of benzene rings is 2. The van der Waals surface area contributed by atoms with E-state index in [2.05, 4.69) is 0 Å². The Hall–Kier alpha value is -2.74. The molecule has 1 saturated heterocycles. The molecule has 2 amide bonds. The summed E-state index contributed by atoms with van der Waals surface area (Å²) in [4.78, 5) is 27.8. The summed E-state index contributed by atoms with van der Waals surface area (Å²) in [5.41, 5.74) is -0.533. The van der Waals surface area contributed by atoms with Gasteiger partial charge in [-0.1, -0.05) is 11.6 Å². The van der Waals surface area contributed by atoms with Crippen LogP contribution < -0.4 is 4.74 Å². The van der Waals surface area contributed by atoms with Crippen molar-refractivity contribution >= 4 is 23.4 Å². The fourth-order valence-electron chi connectivity index (χ4n) is 3.00. The second-order valence-corrected chi connectivity index (χ2v) is 6.93. The minimum Gasteiger partial charge on any atom is -0.484 e. The summed E-state index contributed by atoms with van der Waals surface area (Å²) in [6, 6.07) is 8.23. The van der Waals surface area contributed by atoms with Crippen LogP contribution in [0.3, 0.4) is 0 Å². The first kappa shape index (κ1) is 21.0. The Morgan fingerprint density at radius 1 is 0.897 bits per heavy atom. The molecule has 0 aliphatic carbocycles. The van der Waals surface area contributed by atoms with Crippen molar-refractivity contribution in [2.75, 3.05) is 32.8 Å². The molecule has 1 fully saturated rings. The maximum Gasteiger partial charge on any atom is 0.260 e. The average Bonchev–Trinajstić information content (AvgIpc) is 2.97. The van der Waals surface area contributed by atoms with E-state index in [0.717, 1.165) is 6.07 Å². The van der Waals surface area contributed by atoms with Crippen molar-refractivity contribution in [1.29, 1.82) is 0 Å². The lowest BCUT2D eigenvalue weighted by Crippen LogP contribution is -2.39. The van der Waals surface area contributed by atoms with Crippen LogP contribution >= 0.6 is 11.6 Å². The SMILES string of the molecule is O=C(COc1ccc(Cl)cc1)N1CCCN(C(=O)c2ccc(F)c(F)c2F)CC1. The Morgan fingerprint density at radius 2 is 1.55 bits per heavy atom. The van der Waals surface area contributed by atoms with Crippen molar-refractivity contribution in [3.8, 4) is 5.75 Å². The molecule has 0 bridgehead atoms. The van der Waals surface area contributed by atoms with Crippen LogP contribution in [0.25, 0.3) is 0 Å². The van der Waals surface area contributed by atoms with Crippen molar-refractivity contribution in [1.82, 2.24) is 9.80 Å². The van der Waals surface area contributed by atoms with Crippen molar-refractivity contribution in [2.45, 2.75) is 6.42 Å². The zero-order chi connectivity index (χ0) is 21.0. The second kappa shape index (κ2) is 9.17. The molecule has 1 heterocycles. The van der Waals surface area contributed by atoms with Crippen LogP contribution in [0.15, 0.2) is 36.4 Å². The van der Waals surface area contributed by atoms with Crippen LogP contribution in [0.2, 0.25) is 5.02 Å². The first-order valence-electron chi connectivity index (χ1n) is 8.95. The predicted octanol–water partition coefficient (Wildman–Crippen LogP) is 3.51. The highest BCUT2D eigenvalue weighted by molar-refractivity contribution is 6.30. The summed E-state index contributed by atoms with van der Waals surface area (Å²) in [7, 11) is 0. The number of rotatable bonds is 4. The Bertz CT molecular complexity index is 909. The van der Waals surface area contributed by atoms with Gasteiger partial charge < -0.3 is 14.5 Å². The molecular formula is C20H18ClF3N2O3. The minimum atomic E-state index is -1.68. The third-order valence-corrected chi connectivity index (χ3v) is 4.83. The smallest absolute Gasteiger partial charge is 0.260 e. The zero-order valence-electron chi connectivity index (χ0n) is 15.3. The quantitative estimate of drug-likeness (QED) is 0.703. The average molecular weight is 427 g/mol. The van der Waals surface area contributed by atoms with Crippen LogP contribution in [-0.4, -0.2) is 54.4 Å². The molecule has 154 valence electrons. The van der Waals surface area contributed by atoms with Gasteiger partial charge in [0.2, 0.25) is 0 Å². The highest BCUT2D eigenvalue weighted by Crippen LogP contribution is 2.19. The van der Waals surface area contributed by atoms with E-state index in [1.54, 1.807) is 29.2 Å². The molecule has 0 radical (unpaired) electrons. The van der Waals surface area contributed by atoms with Gasteiger partial charge in [-0.3, -0.25) is 9.59 Å². The van der Waals surface area contributed by atoms with Gasteiger partial charge in [0.1, 0.15) is 5.75 Å². The van der Waals surface area contributed by atoms with E-state index in [-0.39, 0.29) is 32.1 Å². The van der Waals surface area contributed by atoms with Crippen molar-refractivity contribution in [3.63, 3.8) is 0 Å². The van der Waals surface area contributed by atoms with E-state index in [1.165, 1.54) is 4.90 Å². The molecule has 0 spiro atoms. The van der Waals surface area contributed by atoms with Crippen LogP contribution in [0.1, 0.15) is 16.8 Å². The lowest BCUT2D eigenvalue weighted by Gasteiger charge is -2.22. The van der Waals surface area contributed by atoms with Crippen LogP contribution in [-0.2, 0) is 4.79 Å². The molecule has 0 unspecified atom stereocenters. The molecule has 0 saturated carbocycles. The highest BCUT2D eigenvalue weighted by atomic mass is 35.5. The first-order chi connectivity index (χ1) is 13.9. The molecule has 3 rings (SSSR count). The largest absolute Gasteiger partial charge is 0.484 e. The molecule has 9 heteroatoms. The number of halogens is 4. The lowest BCUT2D eigenvalue weighted by atomic mass is 10.1. The topological polar surface area (TPSA) is 49.9 Å². The molecule has 2 aromatic carbocycles. The number of carbonyl (C=O) groups is 2. The molecule has 0 N–H and O–H groups in total. The van der Waals surface area contributed by atoms with E-state index >= 15 is 0 Å². The number of carbonyl (C=O) groups excluding carboxylic acids is 2. The van der Waals surface area contributed by atoms with E-state index in [1.807, 2.05) is 0 Å². The third-order valence-electron chi connectivity index (χ3n) is 4.58. The fraction of sp³-hybridized carbons (Fsp3) is 0.300. The normalized spacial score (nSPS) is 14.5. The third kappa shape index (κ3) is 5.00. The Labute approximate surface area is 170 Å². The molecule has 1 aliphatic heterocycles. The first-order valence-corrected chi connectivity index (χ1v) is 9.33. The molecular weight excluding hydrogens is 409 g/mol. The molecule has 29 heavy (non-hydrogen) atoms. The van der Waals surface area contributed by atoms with E-state index < -0.39 is 28.9 Å². The maximum atomic E-state index is 13.9. The van der Waals surface area contributed by atoms with Gasteiger partial charge in [-0.2, -0.15) is 0 Å². The predicted molar refractivity (Wildman–Crippen MR) is 100 cm³/mol. The molecule has 1 aliphatic rings. The summed E-state index contributed by atoms with van der Waals surface area (Å²) in [6.07, 6.45) is 0.462. The van der Waals surface area contributed by atoms with Gasteiger partial charge in [0.05, 0.1) is 5.56 Å². The highest BCUT2D eigenvalue weighted by Gasteiger charge is 2.26. The van der Waals surface area contributed by atoms with Crippen LogP contribution in [0, 0.1) is 17.5 Å². The van der Waals surface area contributed by atoms with Gasteiger partial charge in [0.25, 0.3) is 11.8 Å². The zero-order valence-corrected chi connectivity index (χ0v) is 16.1. The van der Waals surface area contributed by atoms with Crippen LogP contribution in [0.4, 0.5) is 13.2 Å². The van der Waals surface area contributed by atoms with Crippen molar-refractivity contribution in [2.24, 2.45) is 0 Å². The number of amides is 2. The Morgan fingerprint density at radius 3 is 2.28 bits per heavy atom. The van der Waals surface area contributed by atoms with Gasteiger partial charge in [0, 0.05) is 31.2 Å². The van der Waals surface area contributed by atoms with Crippen molar-refractivity contribution in [3.05, 3.63) is 64.4 Å². The minimum absolute atomic E-state index is 0.143. The monoisotopic (exact) mass is 426 g/mol. The number of nitrogens with zero attached hydrogens (tertiary/aromatic N) is 2. The van der Waals surface area contributed by atoms with Crippen LogP contribution in [0.5, 0.6) is 5.75 Å². The summed E-state index contributed by atoms with van der Waals surface area (Å²) >= 11 is 5.80. The van der Waals surface area contributed by atoms with Crippen molar-refractivity contribution < 1.29 is 27.5 Å². The van der Waals surface area contributed by atoms with Gasteiger partial charge in [-0.15, -0.1) is 0 Å². The lowest BCUT2D eigenvalue weighted by molar-refractivity contribution is -0.133. The summed E-state index contributed by atoms with van der Waals surface area (Å²) < 4.78 is 45.9. The molecule has 5 nitrogen and oxygen atoms in total. The number of hydrogen-bond donors (Lipinski definition) is 0. The summed E-state index contributed by atoms with van der Waals surface area (Å²) in [5.74, 6) is -5.04. The van der Waals surface area contributed by atoms with E-state index in [0.29, 0.717) is 29.8 Å². The second-order valence-electron chi connectivity index (χ2n) is 6.49. The molecule has 2 aromatic rings.